The van der Waals surface area contributed by atoms with E-state index in [0.717, 1.165) is 23.1 Å². The fraction of sp³-hybridized carbons (Fsp3) is 0.333. The van der Waals surface area contributed by atoms with E-state index in [9.17, 15) is 9.59 Å². The Morgan fingerprint density at radius 1 is 1.04 bits per heavy atom. The van der Waals surface area contributed by atoms with Crippen LogP contribution in [0.5, 0.6) is 11.5 Å². The number of anilines is 1. The van der Waals surface area contributed by atoms with Crippen LogP contribution in [-0.4, -0.2) is 18.0 Å². The van der Waals surface area contributed by atoms with Crippen molar-refractivity contribution >= 4 is 33.5 Å². The lowest BCUT2D eigenvalue weighted by Crippen LogP contribution is -2.35. The number of hydrogen-bond donors (Lipinski definition) is 1. The van der Waals surface area contributed by atoms with Gasteiger partial charge in [0.25, 0.3) is 0 Å². The summed E-state index contributed by atoms with van der Waals surface area (Å²) in [4.78, 5) is 24.9. The van der Waals surface area contributed by atoms with Crippen LogP contribution in [0.4, 0.5) is 5.69 Å². The molecule has 2 aromatic rings. The van der Waals surface area contributed by atoms with Crippen molar-refractivity contribution in [1.29, 1.82) is 0 Å². The number of amides is 1. The number of halogens is 1. The van der Waals surface area contributed by atoms with Crippen molar-refractivity contribution in [2.75, 3.05) is 5.32 Å². The number of fused-ring (bicyclic) bond motifs is 1. The fourth-order valence-corrected chi connectivity index (χ4v) is 5.10. The first-order valence-electron chi connectivity index (χ1n) is 9.13. The summed E-state index contributed by atoms with van der Waals surface area (Å²) in [5, 5.41) is 2.96. The molecule has 1 saturated heterocycles. The van der Waals surface area contributed by atoms with E-state index in [1.807, 2.05) is 48.5 Å². The lowest BCUT2D eigenvalue weighted by Gasteiger charge is -2.23. The van der Waals surface area contributed by atoms with Gasteiger partial charge in [0.2, 0.25) is 5.91 Å². The molecule has 1 N–H and O–H groups in total. The molecule has 2 aromatic carbocycles. The highest BCUT2D eigenvalue weighted by Crippen LogP contribution is 2.57. The van der Waals surface area contributed by atoms with E-state index in [0.29, 0.717) is 11.4 Å². The number of benzene rings is 2. The van der Waals surface area contributed by atoms with Crippen molar-refractivity contribution in [1.82, 2.24) is 0 Å². The molecule has 1 amide bonds. The first-order valence-corrected chi connectivity index (χ1v) is 9.92. The number of hydrogen-bond acceptors (Lipinski definition) is 4. The third-order valence-electron chi connectivity index (χ3n) is 5.96. The molecule has 138 valence electrons. The average Bonchev–Trinajstić information content (AvgIpc) is 3.27. The van der Waals surface area contributed by atoms with E-state index in [1.54, 1.807) is 0 Å². The van der Waals surface area contributed by atoms with Gasteiger partial charge in [-0.3, -0.25) is 9.59 Å². The third-order valence-corrected chi connectivity index (χ3v) is 6.49. The maximum atomic E-state index is 12.8. The Morgan fingerprint density at radius 3 is 2.41 bits per heavy atom. The van der Waals surface area contributed by atoms with Crippen molar-refractivity contribution in [2.45, 2.75) is 18.9 Å². The van der Waals surface area contributed by atoms with Crippen LogP contribution in [0.25, 0.3) is 0 Å². The first kappa shape index (κ1) is 16.8. The summed E-state index contributed by atoms with van der Waals surface area (Å²) >= 11 is 3.39. The van der Waals surface area contributed by atoms with Gasteiger partial charge < -0.3 is 14.8 Å². The van der Waals surface area contributed by atoms with E-state index in [2.05, 4.69) is 21.2 Å². The van der Waals surface area contributed by atoms with E-state index in [1.165, 1.54) is 0 Å². The van der Waals surface area contributed by atoms with Gasteiger partial charge in [0.05, 0.1) is 11.8 Å². The second-order valence-electron chi connectivity index (χ2n) is 7.49. The zero-order valence-electron chi connectivity index (χ0n) is 14.4. The Kier molecular flexibility index (Phi) is 3.97. The molecule has 2 aliphatic carbocycles. The predicted octanol–water partition coefficient (Wildman–Crippen LogP) is 4.38. The summed E-state index contributed by atoms with van der Waals surface area (Å²) < 4.78 is 12.2. The monoisotopic (exact) mass is 427 g/mol. The molecular weight excluding hydrogens is 410 g/mol. The van der Waals surface area contributed by atoms with Crippen LogP contribution in [-0.2, 0) is 14.3 Å². The van der Waals surface area contributed by atoms with Gasteiger partial charge in [0.1, 0.15) is 17.6 Å². The van der Waals surface area contributed by atoms with E-state index < -0.39 is 0 Å². The summed E-state index contributed by atoms with van der Waals surface area (Å²) in [6, 6.07) is 14.8. The molecule has 0 spiro atoms. The van der Waals surface area contributed by atoms with Crippen LogP contribution in [0.3, 0.4) is 0 Å². The first-order chi connectivity index (χ1) is 13.1. The molecule has 1 aliphatic heterocycles. The molecule has 2 saturated carbocycles. The minimum Gasteiger partial charge on any atom is -0.462 e. The zero-order valence-corrected chi connectivity index (χ0v) is 16.0. The lowest BCUT2D eigenvalue weighted by molar-refractivity contribution is -0.145. The Bertz CT molecular complexity index is 893. The molecule has 5 nitrogen and oxygen atoms in total. The molecule has 2 bridgehead atoms. The molecule has 5 atom stereocenters. The fourth-order valence-electron chi connectivity index (χ4n) is 4.83. The molecule has 5 rings (SSSR count). The lowest BCUT2D eigenvalue weighted by atomic mass is 9.79. The number of nitrogens with one attached hydrogen (secondary N) is 1. The SMILES string of the molecule is O=C(Nc1ccc(Oc2ccc(Br)cc2)cc1)[C@@H]1[C@@H]2C[C@@H]3[C@H]1C(=O)O[C@H]3C2. The van der Waals surface area contributed by atoms with Crippen molar-refractivity contribution in [3.05, 3.63) is 53.0 Å². The molecule has 1 heterocycles. The number of carbonyl (C=O) groups is 2. The smallest absolute Gasteiger partial charge is 0.310 e. The van der Waals surface area contributed by atoms with Crippen LogP contribution in [0, 0.1) is 23.7 Å². The van der Waals surface area contributed by atoms with Crippen LogP contribution < -0.4 is 10.1 Å². The van der Waals surface area contributed by atoms with Crippen molar-refractivity contribution in [3.63, 3.8) is 0 Å². The highest BCUT2D eigenvalue weighted by atomic mass is 79.9. The van der Waals surface area contributed by atoms with E-state index >= 15 is 0 Å². The molecule has 6 heteroatoms. The Morgan fingerprint density at radius 2 is 1.70 bits per heavy atom. The number of ether oxygens (including phenoxy) is 2. The maximum Gasteiger partial charge on any atom is 0.310 e. The predicted molar refractivity (Wildman–Crippen MR) is 102 cm³/mol. The average molecular weight is 428 g/mol. The summed E-state index contributed by atoms with van der Waals surface area (Å²) in [6.45, 7) is 0. The highest BCUT2D eigenvalue weighted by Gasteiger charge is 2.63. The Hall–Kier alpha value is -2.34. The summed E-state index contributed by atoms with van der Waals surface area (Å²) in [5.74, 6) is 1.14. The van der Waals surface area contributed by atoms with Crippen LogP contribution in [0.15, 0.2) is 53.0 Å². The van der Waals surface area contributed by atoms with Crippen molar-refractivity contribution in [2.24, 2.45) is 23.7 Å². The summed E-state index contributed by atoms with van der Waals surface area (Å²) in [7, 11) is 0. The van der Waals surface area contributed by atoms with Crippen LogP contribution in [0.1, 0.15) is 12.8 Å². The van der Waals surface area contributed by atoms with Gasteiger partial charge in [-0.25, -0.2) is 0 Å². The Labute approximate surface area is 165 Å². The van der Waals surface area contributed by atoms with Crippen LogP contribution in [0.2, 0.25) is 0 Å². The van der Waals surface area contributed by atoms with Crippen LogP contribution >= 0.6 is 15.9 Å². The second kappa shape index (κ2) is 6.37. The number of carbonyl (C=O) groups excluding carboxylic acids is 2. The van der Waals surface area contributed by atoms with E-state index in [4.69, 9.17) is 9.47 Å². The molecular formula is C21H18BrNO4. The number of rotatable bonds is 4. The minimum absolute atomic E-state index is 0.0478. The standard InChI is InChI=1S/C21H18BrNO4/c22-12-1-5-14(6-2-12)26-15-7-3-13(4-8-15)23-20(24)18-11-9-16-17(10-11)27-21(25)19(16)18/h1-8,11,16-19H,9-10H2,(H,23,24)/t11-,16+,17+,18-,19-/m1/s1. The van der Waals surface area contributed by atoms with Gasteiger partial charge in [-0.05, 0) is 67.3 Å². The third kappa shape index (κ3) is 2.92. The molecule has 3 aliphatic rings. The van der Waals surface area contributed by atoms with Gasteiger partial charge >= 0.3 is 5.97 Å². The van der Waals surface area contributed by atoms with E-state index in [-0.39, 0.29) is 41.7 Å². The zero-order chi connectivity index (χ0) is 18.5. The normalized spacial score (nSPS) is 30.3. The largest absolute Gasteiger partial charge is 0.462 e. The summed E-state index contributed by atoms with van der Waals surface area (Å²) in [5.41, 5.74) is 0.703. The van der Waals surface area contributed by atoms with Gasteiger partial charge in [-0.15, -0.1) is 0 Å². The molecule has 0 unspecified atom stereocenters. The van der Waals surface area contributed by atoms with Gasteiger partial charge in [0, 0.05) is 16.1 Å². The quantitative estimate of drug-likeness (QED) is 0.735. The maximum absolute atomic E-state index is 12.8. The molecule has 27 heavy (non-hydrogen) atoms. The van der Waals surface area contributed by atoms with Crippen molar-refractivity contribution < 1.29 is 19.1 Å². The van der Waals surface area contributed by atoms with Crippen molar-refractivity contribution in [3.8, 4) is 11.5 Å². The summed E-state index contributed by atoms with van der Waals surface area (Å²) in [6.07, 6.45) is 1.80. The number of esters is 1. The molecule has 0 radical (unpaired) electrons. The highest BCUT2D eigenvalue weighted by molar-refractivity contribution is 9.10. The minimum atomic E-state index is -0.264. The molecule has 0 aromatic heterocycles. The molecule has 3 fully saturated rings. The topological polar surface area (TPSA) is 64.6 Å². The second-order valence-corrected chi connectivity index (χ2v) is 8.41. The van der Waals surface area contributed by atoms with Gasteiger partial charge in [0.15, 0.2) is 0 Å². The van der Waals surface area contributed by atoms with Gasteiger partial charge in [-0.1, -0.05) is 15.9 Å². The van der Waals surface area contributed by atoms with Gasteiger partial charge in [-0.2, -0.15) is 0 Å². The Balaban J connectivity index is 1.25.